The zero-order valence-electron chi connectivity index (χ0n) is 5.65. The van der Waals surface area contributed by atoms with E-state index in [1.54, 1.807) is 0 Å². The highest BCUT2D eigenvalue weighted by atomic mass is 16.6. The predicted octanol–water partition coefficient (Wildman–Crippen LogP) is -0.417. The van der Waals surface area contributed by atoms with Crippen LogP contribution in [0.25, 0.3) is 0 Å². The van der Waals surface area contributed by atoms with Crippen LogP contribution in [-0.2, 0) is 4.74 Å². The third kappa shape index (κ3) is 0.711. The smallest absolute Gasteiger partial charge is 0.414 e. The minimum atomic E-state index is -0.933. The van der Waals surface area contributed by atoms with Crippen molar-refractivity contribution in [3.8, 4) is 0 Å². The molecule has 2 heterocycles. The van der Waals surface area contributed by atoms with Crippen molar-refractivity contribution in [1.29, 1.82) is 0 Å². The number of hydrogen-bond donors (Lipinski definition) is 2. The van der Waals surface area contributed by atoms with Crippen molar-refractivity contribution in [2.45, 2.75) is 6.10 Å². The number of nitrogens with zero attached hydrogens (tertiary/aromatic N) is 1. The molecule has 0 aromatic heterocycles. The molecule has 2 aliphatic heterocycles. The molecule has 0 saturated carbocycles. The van der Waals surface area contributed by atoms with Crippen LogP contribution in [0.5, 0.6) is 0 Å². The van der Waals surface area contributed by atoms with Crippen LogP contribution in [-0.4, -0.2) is 40.5 Å². The number of carbonyl (C=O) groups excluding carboxylic acids is 1. The molecule has 1 fully saturated rings. The molecule has 60 valence electrons. The molecule has 2 rings (SSSR count). The first-order chi connectivity index (χ1) is 5.20. The van der Waals surface area contributed by atoms with Gasteiger partial charge in [0.25, 0.3) is 0 Å². The summed E-state index contributed by atoms with van der Waals surface area (Å²) in [5.74, 6) is -0.143. The number of rotatable bonds is 0. The third-order valence-electron chi connectivity index (χ3n) is 1.85. The highest BCUT2D eigenvalue weighted by Gasteiger charge is 2.39. The lowest BCUT2D eigenvalue weighted by molar-refractivity contribution is 0.127. The molecule has 2 aliphatic rings. The summed E-state index contributed by atoms with van der Waals surface area (Å²) in [7, 11) is 0. The average Bonchev–Trinajstić information content (AvgIpc) is 2.43. The van der Waals surface area contributed by atoms with Crippen LogP contribution in [0.4, 0.5) is 4.79 Å². The standard InChI is InChI=1S/C6H7NO4/c8-4-1-7-3(5(4)9)2-11-6(7)10/h4,8-9H,1-2H2/t4-/m0/s1. The minimum Gasteiger partial charge on any atom is -0.507 e. The second kappa shape index (κ2) is 1.88. The second-order valence-electron chi connectivity index (χ2n) is 2.51. The number of cyclic esters (lactones) is 1. The Morgan fingerprint density at radius 1 is 1.64 bits per heavy atom. The van der Waals surface area contributed by atoms with Gasteiger partial charge in [-0.05, 0) is 0 Å². The molecule has 0 radical (unpaired) electrons. The maximum Gasteiger partial charge on any atom is 0.414 e. The molecule has 0 aliphatic carbocycles. The maximum absolute atomic E-state index is 10.8. The number of ether oxygens (including phenoxy) is 1. The lowest BCUT2D eigenvalue weighted by Crippen LogP contribution is -2.25. The van der Waals surface area contributed by atoms with Gasteiger partial charge in [0, 0.05) is 0 Å². The summed E-state index contributed by atoms with van der Waals surface area (Å²) in [6.45, 7) is 0.182. The van der Waals surface area contributed by atoms with E-state index in [1.165, 1.54) is 4.90 Å². The van der Waals surface area contributed by atoms with Crippen molar-refractivity contribution in [2.24, 2.45) is 0 Å². The maximum atomic E-state index is 10.8. The van der Waals surface area contributed by atoms with E-state index in [9.17, 15) is 4.79 Å². The van der Waals surface area contributed by atoms with Crippen LogP contribution in [0.15, 0.2) is 11.5 Å². The van der Waals surface area contributed by atoms with Crippen molar-refractivity contribution >= 4 is 6.09 Å². The Balaban J connectivity index is 2.36. The molecular formula is C6H7NO4. The Bertz CT molecular complexity index is 247. The first-order valence-corrected chi connectivity index (χ1v) is 3.24. The van der Waals surface area contributed by atoms with E-state index in [4.69, 9.17) is 10.2 Å². The summed E-state index contributed by atoms with van der Waals surface area (Å²) in [4.78, 5) is 12.0. The lowest BCUT2D eigenvalue weighted by Gasteiger charge is -2.06. The predicted molar refractivity (Wildman–Crippen MR) is 33.7 cm³/mol. The van der Waals surface area contributed by atoms with Crippen molar-refractivity contribution in [3.63, 3.8) is 0 Å². The second-order valence-corrected chi connectivity index (χ2v) is 2.51. The Morgan fingerprint density at radius 2 is 2.36 bits per heavy atom. The van der Waals surface area contributed by atoms with Gasteiger partial charge in [0.2, 0.25) is 0 Å². The van der Waals surface area contributed by atoms with Gasteiger partial charge >= 0.3 is 6.09 Å². The van der Waals surface area contributed by atoms with Gasteiger partial charge in [-0.15, -0.1) is 0 Å². The fourth-order valence-corrected chi connectivity index (χ4v) is 1.24. The molecule has 1 atom stereocenters. The molecule has 0 aromatic carbocycles. The molecule has 5 nitrogen and oxygen atoms in total. The Hall–Kier alpha value is -1.23. The van der Waals surface area contributed by atoms with Gasteiger partial charge in [-0.2, -0.15) is 0 Å². The number of hydrogen-bond acceptors (Lipinski definition) is 4. The lowest BCUT2D eigenvalue weighted by atomic mass is 10.3. The molecule has 1 saturated heterocycles. The van der Waals surface area contributed by atoms with Gasteiger partial charge in [0.15, 0.2) is 0 Å². The highest BCUT2D eigenvalue weighted by molar-refractivity contribution is 5.74. The number of fused-ring (bicyclic) bond motifs is 1. The average molecular weight is 157 g/mol. The summed E-state index contributed by atoms with van der Waals surface area (Å²) in [6, 6.07) is 0. The molecule has 5 heteroatoms. The minimum absolute atomic E-state index is 0.0712. The van der Waals surface area contributed by atoms with Crippen LogP contribution < -0.4 is 0 Å². The van der Waals surface area contributed by atoms with E-state index in [1.807, 2.05) is 0 Å². The van der Waals surface area contributed by atoms with Gasteiger partial charge < -0.3 is 14.9 Å². The fraction of sp³-hybridized carbons (Fsp3) is 0.500. The molecular weight excluding hydrogens is 150 g/mol. The zero-order valence-corrected chi connectivity index (χ0v) is 5.65. The highest BCUT2D eigenvalue weighted by Crippen LogP contribution is 2.26. The number of amides is 1. The normalized spacial score (nSPS) is 29.4. The van der Waals surface area contributed by atoms with E-state index < -0.39 is 12.2 Å². The van der Waals surface area contributed by atoms with Crippen LogP contribution in [0, 0.1) is 0 Å². The SMILES string of the molecule is O=C1OCC2=C(O)[C@@H](O)CN12. The Morgan fingerprint density at radius 3 is 3.00 bits per heavy atom. The third-order valence-corrected chi connectivity index (χ3v) is 1.85. The van der Waals surface area contributed by atoms with Crippen molar-refractivity contribution in [3.05, 3.63) is 11.5 Å². The molecule has 0 spiro atoms. The molecule has 11 heavy (non-hydrogen) atoms. The largest absolute Gasteiger partial charge is 0.507 e. The van der Waals surface area contributed by atoms with E-state index in [-0.39, 0.29) is 18.9 Å². The fourth-order valence-electron chi connectivity index (χ4n) is 1.24. The summed E-state index contributed by atoms with van der Waals surface area (Å²) >= 11 is 0. The molecule has 0 unspecified atom stereocenters. The number of aliphatic hydroxyl groups excluding tert-OH is 2. The Kier molecular flexibility index (Phi) is 1.11. The van der Waals surface area contributed by atoms with Gasteiger partial charge in [-0.25, -0.2) is 4.79 Å². The summed E-state index contributed by atoms with van der Waals surface area (Å²) in [6.07, 6.45) is -1.43. The van der Waals surface area contributed by atoms with Gasteiger partial charge in [-0.1, -0.05) is 0 Å². The van der Waals surface area contributed by atoms with Gasteiger partial charge in [-0.3, -0.25) is 4.90 Å². The van der Waals surface area contributed by atoms with Gasteiger partial charge in [0.05, 0.1) is 6.54 Å². The van der Waals surface area contributed by atoms with E-state index in [0.29, 0.717) is 5.70 Å². The van der Waals surface area contributed by atoms with Crippen molar-refractivity contribution in [2.75, 3.05) is 13.2 Å². The Labute approximate surface area is 62.5 Å². The number of carbonyl (C=O) groups is 1. The van der Waals surface area contributed by atoms with Crippen molar-refractivity contribution in [1.82, 2.24) is 4.90 Å². The summed E-state index contributed by atoms with van der Waals surface area (Å²) in [5, 5.41) is 18.2. The topological polar surface area (TPSA) is 70.0 Å². The zero-order chi connectivity index (χ0) is 8.01. The molecule has 1 amide bonds. The first kappa shape index (κ1) is 6.48. The van der Waals surface area contributed by atoms with Crippen LogP contribution in [0.1, 0.15) is 0 Å². The molecule has 0 aromatic rings. The van der Waals surface area contributed by atoms with E-state index in [0.717, 1.165) is 0 Å². The van der Waals surface area contributed by atoms with Crippen LogP contribution in [0.2, 0.25) is 0 Å². The molecule has 2 N–H and O–H groups in total. The first-order valence-electron chi connectivity index (χ1n) is 3.24. The van der Waals surface area contributed by atoms with E-state index >= 15 is 0 Å². The van der Waals surface area contributed by atoms with Gasteiger partial charge in [0.1, 0.15) is 24.2 Å². The van der Waals surface area contributed by atoms with Crippen LogP contribution >= 0.6 is 0 Å². The molecule has 0 bridgehead atoms. The van der Waals surface area contributed by atoms with Crippen LogP contribution in [0.3, 0.4) is 0 Å². The quantitative estimate of drug-likeness (QED) is 0.501. The number of aliphatic hydroxyl groups is 2. The van der Waals surface area contributed by atoms with Crippen molar-refractivity contribution < 1.29 is 19.7 Å². The monoisotopic (exact) mass is 157 g/mol. The summed E-state index contributed by atoms with van der Waals surface area (Å²) < 4.78 is 4.60. The van der Waals surface area contributed by atoms with E-state index in [2.05, 4.69) is 4.74 Å². The summed E-state index contributed by atoms with van der Waals surface area (Å²) in [5.41, 5.74) is 0.391.